The monoisotopic (exact) mass is 299 g/mol. The summed E-state index contributed by atoms with van der Waals surface area (Å²) < 4.78 is 21.7. The number of rotatable bonds is 7. The highest BCUT2D eigenvalue weighted by Gasteiger charge is 2.07. The largest absolute Gasteiger partial charge is 0.772 e. The Labute approximate surface area is 121 Å². The Bertz CT molecular complexity index is 497. The molecule has 1 atom stereocenters. The zero-order valence-electron chi connectivity index (χ0n) is 10.7. The van der Waals surface area contributed by atoms with Crippen LogP contribution in [0.5, 0.6) is 0 Å². The molecule has 0 N–H and O–H groups in total. The maximum Gasteiger partial charge on any atom is 0.252 e. The van der Waals surface area contributed by atoms with Crippen molar-refractivity contribution < 1.29 is 13.6 Å². The van der Waals surface area contributed by atoms with Gasteiger partial charge in [0.15, 0.2) is 0 Å². The van der Waals surface area contributed by atoms with E-state index in [1.165, 1.54) is 0 Å². The zero-order valence-corrected chi connectivity index (χ0v) is 12.3. The van der Waals surface area contributed by atoms with Gasteiger partial charge in [-0.15, -0.1) is 0 Å². The van der Waals surface area contributed by atoms with Gasteiger partial charge in [0, 0.05) is 11.3 Å². The Kier molecular flexibility index (Phi) is 6.99. The smallest absolute Gasteiger partial charge is 0.252 e. The standard InChI is InChI=1S/C14H17ClO3S/c1-2-3-4-5-6-11-7-8-12(14(15)16)9-13(11)10-19(17)18/h4-5,7-9H,2-3,6,10H2,1H3,(H,17,18)/p-1. The molecule has 0 radical (unpaired) electrons. The lowest BCUT2D eigenvalue weighted by Gasteiger charge is -2.11. The van der Waals surface area contributed by atoms with E-state index in [0.717, 1.165) is 18.4 Å². The number of hydrogen-bond donors (Lipinski definition) is 0. The van der Waals surface area contributed by atoms with Gasteiger partial charge in [-0.25, -0.2) is 0 Å². The van der Waals surface area contributed by atoms with E-state index in [4.69, 9.17) is 11.6 Å². The van der Waals surface area contributed by atoms with Crippen molar-refractivity contribution in [3.05, 3.63) is 47.0 Å². The number of unbranched alkanes of at least 4 members (excludes halogenated alkanes) is 1. The second-order valence-electron chi connectivity index (χ2n) is 4.17. The molecule has 1 unspecified atom stereocenters. The first kappa shape index (κ1) is 16.1. The number of hydrogen-bond acceptors (Lipinski definition) is 3. The van der Waals surface area contributed by atoms with Gasteiger partial charge in [-0.1, -0.05) is 42.6 Å². The zero-order chi connectivity index (χ0) is 14.3. The SMILES string of the molecule is CCCC=CCc1ccc(C(=O)Cl)cc1CS(=O)[O-]. The molecule has 1 aromatic rings. The first-order chi connectivity index (χ1) is 9.04. The Hall–Kier alpha value is -0.970. The fourth-order valence-electron chi connectivity index (χ4n) is 1.70. The van der Waals surface area contributed by atoms with Gasteiger partial charge in [-0.3, -0.25) is 9.00 Å². The molecule has 0 saturated carbocycles. The van der Waals surface area contributed by atoms with Crippen LogP contribution in [-0.4, -0.2) is 14.0 Å². The van der Waals surface area contributed by atoms with Crippen molar-refractivity contribution in [1.82, 2.24) is 0 Å². The Morgan fingerprint density at radius 3 is 2.68 bits per heavy atom. The molecule has 0 spiro atoms. The lowest BCUT2D eigenvalue weighted by atomic mass is 10.0. The molecule has 0 fully saturated rings. The molecule has 1 rings (SSSR count). The summed E-state index contributed by atoms with van der Waals surface area (Å²) in [7, 11) is 0. The van der Waals surface area contributed by atoms with Gasteiger partial charge >= 0.3 is 0 Å². The average molecular weight is 300 g/mol. The van der Waals surface area contributed by atoms with E-state index in [9.17, 15) is 13.6 Å². The maximum atomic E-state index is 11.1. The Morgan fingerprint density at radius 2 is 2.11 bits per heavy atom. The number of halogens is 1. The van der Waals surface area contributed by atoms with Crippen molar-refractivity contribution >= 4 is 27.9 Å². The van der Waals surface area contributed by atoms with Crippen molar-refractivity contribution in [3.63, 3.8) is 0 Å². The summed E-state index contributed by atoms with van der Waals surface area (Å²) in [4.78, 5) is 11.1. The molecule has 0 amide bonds. The fraction of sp³-hybridized carbons (Fsp3) is 0.357. The lowest BCUT2D eigenvalue weighted by Crippen LogP contribution is -2.01. The number of carbonyl (C=O) groups is 1. The molecule has 0 aliphatic rings. The van der Waals surface area contributed by atoms with Crippen LogP contribution in [0.15, 0.2) is 30.4 Å². The molecule has 0 heterocycles. The van der Waals surface area contributed by atoms with Crippen LogP contribution in [-0.2, 0) is 23.3 Å². The van der Waals surface area contributed by atoms with Gasteiger partial charge in [-0.2, -0.15) is 0 Å². The molecule has 1 aromatic carbocycles. The van der Waals surface area contributed by atoms with E-state index in [2.05, 4.69) is 13.0 Å². The van der Waals surface area contributed by atoms with E-state index >= 15 is 0 Å². The highest BCUT2D eigenvalue weighted by Crippen LogP contribution is 2.17. The molecule has 5 heteroatoms. The Morgan fingerprint density at radius 1 is 1.37 bits per heavy atom. The van der Waals surface area contributed by atoms with Crippen LogP contribution in [0.4, 0.5) is 0 Å². The van der Waals surface area contributed by atoms with Crippen LogP contribution >= 0.6 is 11.6 Å². The van der Waals surface area contributed by atoms with Gasteiger partial charge in [0.05, 0.1) is 0 Å². The number of benzene rings is 1. The third-order valence-corrected chi connectivity index (χ3v) is 3.43. The van der Waals surface area contributed by atoms with Gasteiger partial charge < -0.3 is 4.55 Å². The molecule has 0 aromatic heterocycles. The fourth-order valence-corrected chi connectivity index (χ4v) is 2.34. The highest BCUT2D eigenvalue weighted by molar-refractivity contribution is 7.78. The van der Waals surface area contributed by atoms with Crippen molar-refractivity contribution in [1.29, 1.82) is 0 Å². The molecule has 0 saturated heterocycles. The minimum Gasteiger partial charge on any atom is -0.772 e. The summed E-state index contributed by atoms with van der Waals surface area (Å²) in [5.74, 6) is -0.102. The van der Waals surface area contributed by atoms with E-state index < -0.39 is 16.3 Å². The van der Waals surface area contributed by atoms with Crippen molar-refractivity contribution in [3.8, 4) is 0 Å². The lowest BCUT2D eigenvalue weighted by molar-refractivity contribution is 0.108. The Balaban J connectivity index is 2.94. The van der Waals surface area contributed by atoms with Crippen LogP contribution in [0.25, 0.3) is 0 Å². The van der Waals surface area contributed by atoms with Gasteiger partial charge in [0.1, 0.15) is 0 Å². The predicted molar refractivity (Wildman–Crippen MR) is 77.0 cm³/mol. The summed E-state index contributed by atoms with van der Waals surface area (Å²) >= 11 is 3.22. The van der Waals surface area contributed by atoms with E-state index in [1.807, 2.05) is 6.08 Å². The van der Waals surface area contributed by atoms with Crippen molar-refractivity contribution in [2.75, 3.05) is 0 Å². The molecule has 3 nitrogen and oxygen atoms in total. The first-order valence-corrected chi connectivity index (χ1v) is 7.69. The summed E-state index contributed by atoms with van der Waals surface area (Å²) in [6.07, 6.45) is 6.81. The van der Waals surface area contributed by atoms with Crippen molar-refractivity contribution in [2.24, 2.45) is 0 Å². The normalized spacial score (nSPS) is 12.8. The summed E-state index contributed by atoms with van der Waals surface area (Å²) in [5.41, 5.74) is 1.85. The summed E-state index contributed by atoms with van der Waals surface area (Å²) in [5, 5.41) is -0.578. The van der Waals surface area contributed by atoms with E-state index in [1.54, 1.807) is 18.2 Å². The molecule has 0 aliphatic carbocycles. The molecular formula is C14H16ClO3S-. The average Bonchev–Trinajstić information content (AvgIpc) is 2.35. The van der Waals surface area contributed by atoms with Crippen LogP contribution in [0.3, 0.4) is 0 Å². The third kappa shape index (κ3) is 5.68. The van der Waals surface area contributed by atoms with Gasteiger partial charge in [-0.05, 0) is 47.7 Å². The molecule has 104 valence electrons. The quantitative estimate of drug-likeness (QED) is 0.441. The van der Waals surface area contributed by atoms with Crippen LogP contribution in [0.1, 0.15) is 41.3 Å². The predicted octanol–water partition coefficient (Wildman–Crippen LogP) is 3.34. The van der Waals surface area contributed by atoms with Crippen molar-refractivity contribution in [2.45, 2.75) is 31.9 Å². The second kappa shape index (κ2) is 8.25. The van der Waals surface area contributed by atoms with Crippen LogP contribution < -0.4 is 0 Å². The van der Waals surface area contributed by atoms with E-state index in [-0.39, 0.29) is 5.75 Å². The molecule has 0 bridgehead atoms. The highest BCUT2D eigenvalue weighted by atomic mass is 35.5. The number of carbonyl (C=O) groups excluding carboxylic acids is 1. The number of allylic oxidation sites excluding steroid dienone is 2. The van der Waals surface area contributed by atoms with E-state index in [0.29, 0.717) is 17.5 Å². The summed E-state index contributed by atoms with van der Waals surface area (Å²) in [6.45, 7) is 2.09. The maximum absolute atomic E-state index is 11.1. The minimum absolute atomic E-state index is 0.102. The van der Waals surface area contributed by atoms with Gasteiger partial charge in [0.2, 0.25) is 0 Å². The van der Waals surface area contributed by atoms with Gasteiger partial charge in [0.25, 0.3) is 5.24 Å². The third-order valence-electron chi connectivity index (χ3n) is 2.67. The first-order valence-electron chi connectivity index (χ1n) is 6.07. The molecular weight excluding hydrogens is 284 g/mol. The second-order valence-corrected chi connectivity index (χ2v) is 5.41. The molecule has 19 heavy (non-hydrogen) atoms. The molecule has 0 aliphatic heterocycles. The minimum atomic E-state index is -2.19. The van der Waals surface area contributed by atoms with Crippen LogP contribution in [0.2, 0.25) is 0 Å². The van der Waals surface area contributed by atoms with Crippen LogP contribution in [0, 0.1) is 0 Å². The topological polar surface area (TPSA) is 57.2 Å². The summed E-state index contributed by atoms with van der Waals surface area (Å²) in [6, 6.07) is 4.93.